The Morgan fingerprint density at radius 3 is 1.33 bits per heavy atom. The predicted octanol–water partition coefficient (Wildman–Crippen LogP) is 2.57. The summed E-state index contributed by atoms with van der Waals surface area (Å²) in [5, 5.41) is 4.64. The normalized spacial score (nSPS) is 20.0. The molecule has 2 saturated heterocycles. The van der Waals surface area contributed by atoms with E-state index in [-0.39, 0.29) is 36.5 Å². The summed E-state index contributed by atoms with van der Waals surface area (Å²) in [4.78, 5) is 46.2. The monoisotopic (exact) mass is 450 g/mol. The summed E-state index contributed by atoms with van der Waals surface area (Å²) in [5.41, 5.74) is 1.63. The molecule has 2 fully saturated rings. The summed E-state index contributed by atoms with van der Waals surface area (Å²) in [7, 11) is 0. The molecule has 33 heavy (non-hydrogen) atoms. The summed E-state index contributed by atoms with van der Waals surface area (Å²) in [6.45, 7) is 1.16. The third-order valence-corrected chi connectivity index (χ3v) is 5.83. The second-order valence-corrected chi connectivity index (χ2v) is 8.23. The first-order valence-electron chi connectivity index (χ1n) is 11.1. The molecule has 0 aliphatic carbocycles. The average Bonchev–Trinajstić information content (AvgIpc) is 3.33. The van der Waals surface area contributed by atoms with Crippen molar-refractivity contribution in [3.8, 4) is 11.5 Å². The van der Waals surface area contributed by atoms with Gasteiger partial charge in [0, 0.05) is 12.8 Å². The van der Waals surface area contributed by atoms with Gasteiger partial charge in [0.25, 0.3) is 0 Å². The van der Waals surface area contributed by atoms with Crippen LogP contribution in [0.25, 0.3) is 0 Å². The van der Waals surface area contributed by atoms with E-state index in [0.717, 1.165) is 41.9 Å². The van der Waals surface area contributed by atoms with Crippen LogP contribution < -0.4 is 20.1 Å². The Bertz CT molecular complexity index is 948. The molecule has 172 valence electrons. The number of imide groups is 2. The van der Waals surface area contributed by atoms with Gasteiger partial charge in [0.05, 0.1) is 25.0 Å². The van der Waals surface area contributed by atoms with Gasteiger partial charge in [-0.25, -0.2) is 0 Å². The molecule has 0 unspecified atom stereocenters. The van der Waals surface area contributed by atoms with E-state index in [4.69, 9.17) is 9.47 Å². The van der Waals surface area contributed by atoms with Crippen molar-refractivity contribution >= 4 is 23.6 Å². The van der Waals surface area contributed by atoms with Crippen molar-refractivity contribution in [2.75, 3.05) is 13.2 Å². The number of carbonyl (C=O) groups excluding carboxylic acids is 4. The van der Waals surface area contributed by atoms with Crippen molar-refractivity contribution < 1.29 is 28.7 Å². The first-order chi connectivity index (χ1) is 16.0. The van der Waals surface area contributed by atoms with E-state index in [0.29, 0.717) is 13.2 Å². The number of hydrogen-bond donors (Lipinski definition) is 2. The van der Waals surface area contributed by atoms with Crippen molar-refractivity contribution in [3.05, 3.63) is 59.7 Å². The van der Waals surface area contributed by atoms with Crippen LogP contribution >= 0.6 is 0 Å². The zero-order valence-corrected chi connectivity index (χ0v) is 18.2. The van der Waals surface area contributed by atoms with Gasteiger partial charge in [0.15, 0.2) is 0 Å². The lowest BCUT2D eigenvalue weighted by Crippen LogP contribution is -2.21. The van der Waals surface area contributed by atoms with Crippen molar-refractivity contribution in [2.45, 2.75) is 43.9 Å². The maximum atomic E-state index is 11.8. The fourth-order valence-corrected chi connectivity index (χ4v) is 4.00. The first-order valence-corrected chi connectivity index (χ1v) is 11.1. The number of carbonyl (C=O) groups is 4. The van der Waals surface area contributed by atoms with Crippen molar-refractivity contribution in [3.63, 3.8) is 0 Å². The van der Waals surface area contributed by atoms with Gasteiger partial charge in [0.2, 0.25) is 23.6 Å². The third-order valence-electron chi connectivity index (χ3n) is 5.83. The van der Waals surface area contributed by atoms with Crippen LogP contribution in [0.5, 0.6) is 11.5 Å². The van der Waals surface area contributed by atoms with Gasteiger partial charge in [-0.1, -0.05) is 24.3 Å². The number of nitrogens with one attached hydrogen (secondary N) is 2. The van der Waals surface area contributed by atoms with Crippen LogP contribution in [0, 0.1) is 0 Å². The van der Waals surface area contributed by atoms with E-state index in [2.05, 4.69) is 10.6 Å². The summed E-state index contributed by atoms with van der Waals surface area (Å²) in [6.07, 6.45) is 3.11. The van der Waals surface area contributed by atoms with E-state index in [1.54, 1.807) is 0 Å². The Hall–Kier alpha value is -3.68. The average molecular weight is 450 g/mol. The molecule has 8 nitrogen and oxygen atoms in total. The molecular formula is C25H26N2O6. The molecule has 4 amide bonds. The molecule has 8 heteroatoms. The molecule has 2 N–H and O–H groups in total. The molecular weight excluding hydrogens is 424 g/mol. The molecule has 2 atom stereocenters. The first kappa shape index (κ1) is 22.5. The van der Waals surface area contributed by atoms with Crippen molar-refractivity contribution in [1.29, 1.82) is 0 Å². The standard InChI is InChI=1S/C25H26N2O6/c28-22-14-20(24(30)26-22)16-4-8-18(9-5-16)32-12-2-1-3-13-33-19-10-6-17(7-11-19)21-15-23(29)27-25(21)31/h4-11,20-21H,1-3,12-15H2,(H,26,28,30)(H,27,29,31)/t20-,21-/m1/s1. The smallest absolute Gasteiger partial charge is 0.234 e. The molecule has 0 saturated carbocycles. The lowest BCUT2D eigenvalue weighted by Gasteiger charge is -2.10. The Kier molecular flexibility index (Phi) is 7.02. The molecule has 0 aromatic heterocycles. The van der Waals surface area contributed by atoms with E-state index in [1.807, 2.05) is 48.5 Å². The second-order valence-electron chi connectivity index (χ2n) is 8.23. The van der Waals surface area contributed by atoms with Crippen molar-refractivity contribution in [2.24, 2.45) is 0 Å². The highest BCUT2D eigenvalue weighted by molar-refractivity contribution is 6.06. The highest BCUT2D eigenvalue weighted by atomic mass is 16.5. The van der Waals surface area contributed by atoms with Gasteiger partial charge in [-0.2, -0.15) is 0 Å². The molecule has 0 bridgehead atoms. The molecule has 0 radical (unpaired) electrons. The van der Waals surface area contributed by atoms with Crippen LogP contribution in [-0.2, 0) is 19.2 Å². The summed E-state index contributed by atoms with van der Waals surface area (Å²) >= 11 is 0. The maximum absolute atomic E-state index is 11.8. The van der Waals surface area contributed by atoms with Crippen LogP contribution in [0.1, 0.15) is 55.1 Å². The van der Waals surface area contributed by atoms with E-state index < -0.39 is 11.8 Å². The number of unbranched alkanes of at least 4 members (excludes halogenated alkanes) is 2. The topological polar surface area (TPSA) is 111 Å². The van der Waals surface area contributed by atoms with Gasteiger partial charge >= 0.3 is 0 Å². The van der Waals surface area contributed by atoms with E-state index >= 15 is 0 Å². The molecule has 2 aromatic rings. The fourth-order valence-electron chi connectivity index (χ4n) is 4.00. The van der Waals surface area contributed by atoms with E-state index in [1.165, 1.54) is 0 Å². The van der Waals surface area contributed by atoms with Crippen molar-refractivity contribution in [1.82, 2.24) is 10.6 Å². The van der Waals surface area contributed by atoms with Gasteiger partial charge in [-0.05, 0) is 54.7 Å². The minimum absolute atomic E-state index is 0.198. The molecule has 2 heterocycles. The van der Waals surface area contributed by atoms with E-state index in [9.17, 15) is 19.2 Å². The van der Waals surface area contributed by atoms with Crippen LogP contribution in [-0.4, -0.2) is 36.8 Å². The lowest BCUT2D eigenvalue weighted by molar-refractivity contribution is -0.126. The number of ether oxygens (including phenoxy) is 2. The molecule has 2 aromatic carbocycles. The van der Waals surface area contributed by atoms with Crippen LogP contribution in [0.2, 0.25) is 0 Å². The zero-order chi connectivity index (χ0) is 23.2. The van der Waals surface area contributed by atoms with Crippen LogP contribution in [0.4, 0.5) is 0 Å². The lowest BCUT2D eigenvalue weighted by atomic mass is 9.98. The molecule has 4 rings (SSSR count). The molecule has 2 aliphatic rings. The van der Waals surface area contributed by atoms with Gasteiger partial charge < -0.3 is 9.47 Å². The Morgan fingerprint density at radius 1 is 0.606 bits per heavy atom. The largest absolute Gasteiger partial charge is 0.494 e. The van der Waals surface area contributed by atoms with Gasteiger partial charge in [-0.15, -0.1) is 0 Å². The van der Waals surface area contributed by atoms with Crippen LogP contribution in [0.15, 0.2) is 48.5 Å². The van der Waals surface area contributed by atoms with Gasteiger partial charge in [-0.3, -0.25) is 29.8 Å². The highest BCUT2D eigenvalue weighted by Gasteiger charge is 2.32. The Balaban J connectivity index is 1.10. The fraction of sp³-hybridized carbons (Fsp3) is 0.360. The quantitative estimate of drug-likeness (QED) is 0.425. The zero-order valence-electron chi connectivity index (χ0n) is 18.2. The maximum Gasteiger partial charge on any atom is 0.234 e. The van der Waals surface area contributed by atoms with Crippen LogP contribution in [0.3, 0.4) is 0 Å². The Labute approximate surface area is 191 Å². The summed E-state index contributed by atoms with van der Waals surface area (Å²) in [5.74, 6) is -0.309. The van der Waals surface area contributed by atoms with Gasteiger partial charge in [0.1, 0.15) is 11.5 Å². The number of amides is 4. The molecule has 0 spiro atoms. The third kappa shape index (κ3) is 5.77. The summed E-state index contributed by atoms with van der Waals surface area (Å²) in [6, 6.07) is 14.6. The molecule has 2 aliphatic heterocycles. The minimum Gasteiger partial charge on any atom is -0.494 e. The minimum atomic E-state index is -0.408. The number of benzene rings is 2. The highest BCUT2D eigenvalue weighted by Crippen LogP contribution is 2.27. The SMILES string of the molecule is O=C1C[C@H](c2ccc(OCCCCCOc3ccc([C@H]4CC(=O)NC4=O)cc3)cc2)C(=O)N1. The predicted molar refractivity (Wildman–Crippen MR) is 119 cm³/mol. The number of hydrogen-bond acceptors (Lipinski definition) is 6. The second kappa shape index (κ2) is 10.3. The summed E-state index contributed by atoms with van der Waals surface area (Å²) < 4.78 is 11.5. The number of rotatable bonds is 10. The Morgan fingerprint density at radius 2 is 1.00 bits per heavy atom.